The molecule has 1 aromatic rings. The summed E-state index contributed by atoms with van der Waals surface area (Å²) in [7, 11) is 1.85. The fourth-order valence-electron chi connectivity index (χ4n) is 2.29. The summed E-state index contributed by atoms with van der Waals surface area (Å²) in [6, 6.07) is 5.50. The van der Waals surface area contributed by atoms with Gasteiger partial charge in [-0.05, 0) is 30.2 Å². The van der Waals surface area contributed by atoms with Crippen molar-refractivity contribution in [2.24, 2.45) is 24.1 Å². The van der Waals surface area contributed by atoms with Crippen LogP contribution in [0.2, 0.25) is 0 Å². The normalized spacial score (nSPS) is 12.6. The van der Waals surface area contributed by atoms with E-state index in [0.717, 1.165) is 12.1 Å². The smallest absolute Gasteiger partial charge is 0.250 e. The number of pyridine rings is 1. The van der Waals surface area contributed by atoms with Gasteiger partial charge in [-0.25, -0.2) is 0 Å². The van der Waals surface area contributed by atoms with Crippen LogP contribution in [0, 0.1) is 11.3 Å². The van der Waals surface area contributed by atoms with E-state index in [9.17, 15) is 4.79 Å². The molecule has 0 saturated heterocycles. The summed E-state index contributed by atoms with van der Waals surface area (Å²) >= 11 is 0. The fourth-order valence-corrected chi connectivity index (χ4v) is 2.29. The van der Waals surface area contributed by atoms with E-state index in [2.05, 4.69) is 27.7 Å². The van der Waals surface area contributed by atoms with Gasteiger partial charge in [0.05, 0.1) is 6.61 Å². The number of aliphatic hydroxyl groups excluding tert-OH is 1. The summed E-state index contributed by atoms with van der Waals surface area (Å²) in [6.45, 7) is 9.50. The Bertz CT molecular complexity index is 431. The van der Waals surface area contributed by atoms with Crippen molar-refractivity contribution in [2.75, 3.05) is 13.2 Å². The Morgan fingerprint density at radius 3 is 2.35 bits per heavy atom. The SMILES string of the molecule is CC(Cc1cccc(=O)n1C)CC(C)(C)C.NCCO. The van der Waals surface area contributed by atoms with Gasteiger partial charge in [0.1, 0.15) is 0 Å². The number of hydrogen-bond acceptors (Lipinski definition) is 3. The van der Waals surface area contributed by atoms with Crippen molar-refractivity contribution in [3.8, 4) is 0 Å². The maximum atomic E-state index is 11.5. The van der Waals surface area contributed by atoms with E-state index in [0.29, 0.717) is 17.9 Å². The quantitative estimate of drug-likeness (QED) is 0.886. The molecule has 1 heterocycles. The molecular formula is C16H30N2O2. The minimum Gasteiger partial charge on any atom is -0.395 e. The molecule has 0 aliphatic rings. The van der Waals surface area contributed by atoms with Crippen LogP contribution >= 0.6 is 0 Å². The molecule has 0 amide bonds. The van der Waals surface area contributed by atoms with Gasteiger partial charge in [-0.3, -0.25) is 4.79 Å². The van der Waals surface area contributed by atoms with E-state index in [-0.39, 0.29) is 12.2 Å². The number of aromatic nitrogens is 1. The number of rotatable bonds is 4. The molecule has 0 spiro atoms. The molecule has 3 N–H and O–H groups in total. The first-order valence-corrected chi connectivity index (χ1v) is 7.17. The molecule has 0 aliphatic carbocycles. The molecule has 116 valence electrons. The minimum atomic E-state index is 0.0838. The predicted octanol–water partition coefficient (Wildman–Crippen LogP) is 1.94. The third-order valence-corrected chi connectivity index (χ3v) is 2.94. The Hall–Kier alpha value is -1.13. The van der Waals surface area contributed by atoms with Crippen LogP contribution in [0.25, 0.3) is 0 Å². The molecule has 0 fully saturated rings. The number of nitrogens with zero attached hydrogens (tertiary/aromatic N) is 1. The van der Waals surface area contributed by atoms with Crippen molar-refractivity contribution in [2.45, 2.75) is 40.5 Å². The van der Waals surface area contributed by atoms with Crippen LogP contribution < -0.4 is 11.3 Å². The van der Waals surface area contributed by atoms with Crippen LogP contribution in [0.5, 0.6) is 0 Å². The van der Waals surface area contributed by atoms with Crippen LogP contribution in [0.1, 0.15) is 39.8 Å². The van der Waals surface area contributed by atoms with Crippen LogP contribution in [0.15, 0.2) is 23.0 Å². The number of aliphatic hydroxyl groups is 1. The van der Waals surface area contributed by atoms with Crippen molar-refractivity contribution in [3.63, 3.8) is 0 Å². The van der Waals surface area contributed by atoms with Crippen molar-refractivity contribution in [3.05, 3.63) is 34.2 Å². The van der Waals surface area contributed by atoms with Gasteiger partial charge in [0, 0.05) is 25.4 Å². The highest BCUT2D eigenvalue weighted by Gasteiger charge is 2.16. The topological polar surface area (TPSA) is 68.2 Å². The van der Waals surface area contributed by atoms with E-state index in [1.54, 1.807) is 10.6 Å². The molecular weight excluding hydrogens is 252 g/mol. The van der Waals surface area contributed by atoms with E-state index < -0.39 is 0 Å². The molecule has 1 atom stereocenters. The van der Waals surface area contributed by atoms with Crippen molar-refractivity contribution in [1.82, 2.24) is 4.57 Å². The van der Waals surface area contributed by atoms with E-state index in [1.165, 1.54) is 6.42 Å². The van der Waals surface area contributed by atoms with Gasteiger partial charge in [-0.2, -0.15) is 0 Å². The molecule has 4 nitrogen and oxygen atoms in total. The number of nitrogens with two attached hydrogens (primary N) is 1. The Morgan fingerprint density at radius 2 is 1.90 bits per heavy atom. The Kier molecular flexibility index (Phi) is 8.42. The minimum absolute atomic E-state index is 0.0838. The number of hydrogen-bond donors (Lipinski definition) is 2. The molecule has 0 bridgehead atoms. The van der Waals surface area contributed by atoms with Gasteiger partial charge < -0.3 is 15.4 Å². The largest absolute Gasteiger partial charge is 0.395 e. The van der Waals surface area contributed by atoms with E-state index >= 15 is 0 Å². The monoisotopic (exact) mass is 282 g/mol. The van der Waals surface area contributed by atoms with Gasteiger partial charge >= 0.3 is 0 Å². The summed E-state index contributed by atoms with van der Waals surface area (Å²) < 4.78 is 1.75. The highest BCUT2D eigenvalue weighted by atomic mass is 16.3. The lowest BCUT2D eigenvalue weighted by Gasteiger charge is -2.23. The lowest BCUT2D eigenvalue weighted by Crippen LogP contribution is -2.21. The lowest BCUT2D eigenvalue weighted by molar-refractivity contribution is 0.303. The van der Waals surface area contributed by atoms with Crippen LogP contribution in [-0.2, 0) is 13.5 Å². The second-order valence-corrected chi connectivity index (χ2v) is 6.50. The average molecular weight is 282 g/mol. The molecule has 4 heteroatoms. The van der Waals surface area contributed by atoms with Gasteiger partial charge in [0.25, 0.3) is 0 Å². The lowest BCUT2D eigenvalue weighted by atomic mass is 9.83. The fraction of sp³-hybridized carbons (Fsp3) is 0.688. The molecule has 0 aromatic carbocycles. The molecule has 0 saturated carbocycles. The molecule has 1 aromatic heterocycles. The molecule has 1 unspecified atom stereocenters. The summed E-state index contributed by atoms with van der Waals surface area (Å²) in [4.78, 5) is 11.5. The van der Waals surface area contributed by atoms with Gasteiger partial charge in [-0.1, -0.05) is 33.8 Å². The third-order valence-electron chi connectivity index (χ3n) is 2.94. The first kappa shape index (κ1) is 18.9. The van der Waals surface area contributed by atoms with Gasteiger partial charge in [0.15, 0.2) is 0 Å². The summed E-state index contributed by atoms with van der Waals surface area (Å²) in [5.74, 6) is 0.605. The summed E-state index contributed by atoms with van der Waals surface area (Å²) in [6.07, 6.45) is 2.15. The van der Waals surface area contributed by atoms with Crippen molar-refractivity contribution >= 4 is 0 Å². The maximum Gasteiger partial charge on any atom is 0.250 e. The first-order chi connectivity index (χ1) is 9.21. The van der Waals surface area contributed by atoms with Crippen molar-refractivity contribution in [1.29, 1.82) is 0 Å². The molecule has 1 rings (SSSR count). The molecule has 0 aliphatic heterocycles. The molecule has 20 heavy (non-hydrogen) atoms. The highest BCUT2D eigenvalue weighted by Crippen LogP contribution is 2.25. The zero-order valence-corrected chi connectivity index (χ0v) is 13.5. The first-order valence-electron chi connectivity index (χ1n) is 7.17. The molecule has 0 radical (unpaired) electrons. The summed E-state index contributed by atoms with van der Waals surface area (Å²) in [5.41, 5.74) is 6.34. The predicted molar refractivity (Wildman–Crippen MR) is 84.8 cm³/mol. The van der Waals surface area contributed by atoms with E-state index in [4.69, 9.17) is 10.8 Å². The Labute approximate surface area is 122 Å². The van der Waals surface area contributed by atoms with Gasteiger partial charge in [-0.15, -0.1) is 0 Å². The second-order valence-electron chi connectivity index (χ2n) is 6.50. The zero-order valence-electron chi connectivity index (χ0n) is 13.5. The Morgan fingerprint density at radius 1 is 1.35 bits per heavy atom. The standard InChI is InChI=1S/C14H23NO.C2H7NO/c1-11(10-14(2,3)4)9-12-7-6-8-13(16)15(12)5;3-1-2-4/h6-8,11H,9-10H2,1-5H3;4H,1-3H2. The average Bonchev–Trinajstić information content (AvgIpc) is 2.33. The van der Waals surface area contributed by atoms with Gasteiger partial charge in [0.2, 0.25) is 5.56 Å². The van der Waals surface area contributed by atoms with E-state index in [1.807, 2.05) is 19.2 Å². The second kappa shape index (κ2) is 8.93. The van der Waals surface area contributed by atoms with Crippen LogP contribution in [0.3, 0.4) is 0 Å². The zero-order chi connectivity index (χ0) is 15.8. The van der Waals surface area contributed by atoms with Crippen LogP contribution in [-0.4, -0.2) is 22.8 Å². The van der Waals surface area contributed by atoms with Crippen LogP contribution in [0.4, 0.5) is 0 Å². The van der Waals surface area contributed by atoms with Crippen molar-refractivity contribution < 1.29 is 5.11 Å². The summed E-state index contributed by atoms with van der Waals surface area (Å²) in [5, 5.41) is 7.75. The highest BCUT2D eigenvalue weighted by molar-refractivity contribution is 5.07. The Balaban J connectivity index is 0.000000796. The third kappa shape index (κ3) is 8.12. The maximum absolute atomic E-state index is 11.5.